The van der Waals surface area contributed by atoms with Crippen LogP contribution in [0.2, 0.25) is 5.02 Å². The fourth-order valence-electron chi connectivity index (χ4n) is 2.89. The highest BCUT2D eigenvalue weighted by molar-refractivity contribution is 6.30. The average molecular weight is 360 g/mol. The van der Waals surface area contributed by atoms with Gasteiger partial charge in [-0.05, 0) is 25.1 Å². The second-order valence-corrected chi connectivity index (χ2v) is 6.76. The van der Waals surface area contributed by atoms with Gasteiger partial charge in [0, 0.05) is 57.2 Å². The molecule has 1 aliphatic heterocycles. The first kappa shape index (κ1) is 17.5. The number of nitrogens with zero attached hydrogens (tertiary/aromatic N) is 5. The summed E-state index contributed by atoms with van der Waals surface area (Å²) in [5.74, 6) is 0.605. The van der Waals surface area contributed by atoms with Gasteiger partial charge >= 0.3 is 0 Å². The zero-order valence-electron chi connectivity index (χ0n) is 14.7. The standard InChI is InChI=1S/C18H22ClN5O/c1-13-16(12-20-18(21-13)22(2)3)17(25)24-9-7-23(8-10-24)15-6-4-5-14(19)11-15/h4-6,11-12H,7-10H2,1-3H3. The number of aromatic nitrogens is 2. The monoisotopic (exact) mass is 359 g/mol. The molecule has 0 saturated carbocycles. The van der Waals surface area contributed by atoms with E-state index in [4.69, 9.17) is 11.6 Å². The van der Waals surface area contributed by atoms with Gasteiger partial charge in [0.15, 0.2) is 0 Å². The van der Waals surface area contributed by atoms with Gasteiger partial charge < -0.3 is 14.7 Å². The fraction of sp³-hybridized carbons (Fsp3) is 0.389. The van der Waals surface area contributed by atoms with Crippen LogP contribution >= 0.6 is 11.6 Å². The van der Waals surface area contributed by atoms with Crippen LogP contribution in [0.3, 0.4) is 0 Å². The molecule has 0 aliphatic carbocycles. The summed E-state index contributed by atoms with van der Waals surface area (Å²) < 4.78 is 0. The molecule has 1 fully saturated rings. The Bertz CT molecular complexity index is 772. The van der Waals surface area contributed by atoms with Gasteiger partial charge in [0.25, 0.3) is 5.91 Å². The maximum absolute atomic E-state index is 12.8. The first-order valence-corrected chi connectivity index (χ1v) is 8.64. The van der Waals surface area contributed by atoms with E-state index in [1.54, 1.807) is 6.20 Å². The highest BCUT2D eigenvalue weighted by atomic mass is 35.5. The van der Waals surface area contributed by atoms with Crippen LogP contribution < -0.4 is 9.80 Å². The molecule has 1 saturated heterocycles. The van der Waals surface area contributed by atoms with Gasteiger partial charge in [0.2, 0.25) is 5.95 Å². The minimum atomic E-state index is -0.00597. The van der Waals surface area contributed by atoms with Crippen molar-refractivity contribution >= 4 is 29.1 Å². The van der Waals surface area contributed by atoms with E-state index in [0.717, 1.165) is 23.8 Å². The molecule has 0 unspecified atom stereocenters. The van der Waals surface area contributed by atoms with Gasteiger partial charge in [-0.3, -0.25) is 4.79 Å². The molecule has 2 heterocycles. The number of hydrogen-bond donors (Lipinski definition) is 0. The Kier molecular flexibility index (Phi) is 5.08. The summed E-state index contributed by atoms with van der Waals surface area (Å²) in [4.78, 5) is 27.4. The third-order valence-electron chi connectivity index (χ3n) is 4.34. The van der Waals surface area contributed by atoms with Crippen molar-refractivity contribution in [3.8, 4) is 0 Å². The van der Waals surface area contributed by atoms with E-state index in [-0.39, 0.29) is 5.91 Å². The summed E-state index contributed by atoms with van der Waals surface area (Å²) in [6.45, 7) is 4.74. The van der Waals surface area contributed by atoms with Gasteiger partial charge in [-0.15, -0.1) is 0 Å². The van der Waals surface area contributed by atoms with E-state index in [1.165, 1.54) is 0 Å². The minimum absolute atomic E-state index is 0.00597. The largest absolute Gasteiger partial charge is 0.368 e. The lowest BCUT2D eigenvalue weighted by Gasteiger charge is -2.36. The number of rotatable bonds is 3. The Hall–Kier alpha value is -2.34. The Morgan fingerprint density at radius 3 is 2.52 bits per heavy atom. The number of carbonyl (C=O) groups is 1. The molecule has 1 aromatic heterocycles. The lowest BCUT2D eigenvalue weighted by Crippen LogP contribution is -2.49. The lowest BCUT2D eigenvalue weighted by molar-refractivity contribution is 0.0745. The van der Waals surface area contributed by atoms with Crippen LogP contribution in [0, 0.1) is 6.92 Å². The van der Waals surface area contributed by atoms with Crippen LogP contribution in [-0.2, 0) is 0 Å². The number of hydrogen-bond acceptors (Lipinski definition) is 5. The van der Waals surface area contributed by atoms with Crippen molar-refractivity contribution < 1.29 is 4.79 Å². The number of carbonyl (C=O) groups excluding carboxylic acids is 1. The molecule has 0 N–H and O–H groups in total. The molecule has 1 aliphatic rings. The Labute approximate surface area is 153 Å². The second-order valence-electron chi connectivity index (χ2n) is 6.32. The molecule has 132 valence electrons. The molecule has 3 rings (SSSR count). The summed E-state index contributed by atoms with van der Waals surface area (Å²) in [6.07, 6.45) is 1.63. The van der Waals surface area contributed by atoms with E-state index in [0.29, 0.717) is 30.3 Å². The summed E-state index contributed by atoms with van der Waals surface area (Å²) in [5.41, 5.74) is 2.37. The lowest BCUT2D eigenvalue weighted by atomic mass is 10.2. The zero-order chi connectivity index (χ0) is 18.0. The Morgan fingerprint density at radius 2 is 1.92 bits per heavy atom. The van der Waals surface area contributed by atoms with Crippen molar-refractivity contribution in [1.29, 1.82) is 0 Å². The highest BCUT2D eigenvalue weighted by Gasteiger charge is 2.24. The molecule has 2 aromatic rings. The SMILES string of the molecule is Cc1nc(N(C)C)ncc1C(=O)N1CCN(c2cccc(Cl)c2)CC1. The van der Waals surface area contributed by atoms with Crippen molar-refractivity contribution in [1.82, 2.24) is 14.9 Å². The number of halogens is 1. The predicted octanol–water partition coefficient (Wildman–Crippen LogP) is 2.47. The maximum atomic E-state index is 12.8. The molecule has 0 bridgehead atoms. The van der Waals surface area contributed by atoms with Gasteiger partial charge in [-0.2, -0.15) is 0 Å². The second kappa shape index (κ2) is 7.27. The van der Waals surface area contributed by atoms with Crippen LogP contribution in [0.25, 0.3) is 0 Å². The normalized spacial score (nSPS) is 14.6. The summed E-state index contributed by atoms with van der Waals surface area (Å²) in [6, 6.07) is 7.81. The average Bonchev–Trinajstić information content (AvgIpc) is 2.61. The van der Waals surface area contributed by atoms with Crippen molar-refractivity contribution in [2.24, 2.45) is 0 Å². The third kappa shape index (κ3) is 3.85. The zero-order valence-corrected chi connectivity index (χ0v) is 15.5. The van der Waals surface area contributed by atoms with Crippen molar-refractivity contribution in [2.75, 3.05) is 50.1 Å². The molecule has 1 aromatic carbocycles. The molecule has 1 amide bonds. The first-order chi connectivity index (χ1) is 12.0. The van der Waals surface area contributed by atoms with Crippen LogP contribution in [0.15, 0.2) is 30.5 Å². The smallest absolute Gasteiger partial charge is 0.257 e. The molecule has 7 heteroatoms. The van der Waals surface area contributed by atoms with E-state index >= 15 is 0 Å². The molecular weight excluding hydrogens is 338 g/mol. The number of piperazine rings is 1. The molecule has 0 spiro atoms. The van der Waals surface area contributed by atoms with Crippen LogP contribution in [-0.4, -0.2) is 61.0 Å². The van der Waals surface area contributed by atoms with E-state index in [1.807, 2.05) is 55.1 Å². The van der Waals surface area contributed by atoms with Crippen molar-refractivity contribution in [3.05, 3.63) is 46.7 Å². The number of anilines is 2. The Morgan fingerprint density at radius 1 is 1.20 bits per heavy atom. The summed E-state index contributed by atoms with van der Waals surface area (Å²) in [5, 5.41) is 0.727. The van der Waals surface area contributed by atoms with Gasteiger partial charge in [-0.25, -0.2) is 9.97 Å². The maximum Gasteiger partial charge on any atom is 0.257 e. The van der Waals surface area contributed by atoms with Crippen molar-refractivity contribution in [3.63, 3.8) is 0 Å². The molecule has 0 radical (unpaired) electrons. The predicted molar refractivity (Wildman–Crippen MR) is 101 cm³/mol. The summed E-state index contributed by atoms with van der Waals surface area (Å²) in [7, 11) is 3.76. The van der Waals surface area contributed by atoms with Gasteiger partial charge in [0.1, 0.15) is 0 Å². The topological polar surface area (TPSA) is 52.6 Å². The minimum Gasteiger partial charge on any atom is -0.368 e. The number of benzene rings is 1. The van der Waals surface area contributed by atoms with Crippen LogP contribution in [0.1, 0.15) is 16.1 Å². The molecular formula is C18H22ClN5O. The number of amides is 1. The van der Waals surface area contributed by atoms with E-state index in [9.17, 15) is 4.79 Å². The van der Waals surface area contributed by atoms with E-state index < -0.39 is 0 Å². The van der Waals surface area contributed by atoms with Gasteiger partial charge in [0.05, 0.1) is 11.3 Å². The fourth-order valence-corrected chi connectivity index (χ4v) is 3.08. The quantitative estimate of drug-likeness (QED) is 0.842. The highest BCUT2D eigenvalue weighted by Crippen LogP contribution is 2.21. The molecule has 6 nitrogen and oxygen atoms in total. The summed E-state index contributed by atoms with van der Waals surface area (Å²) >= 11 is 6.07. The Balaban J connectivity index is 1.67. The number of aryl methyl sites for hydroxylation is 1. The molecule has 0 atom stereocenters. The van der Waals surface area contributed by atoms with Gasteiger partial charge in [-0.1, -0.05) is 17.7 Å². The first-order valence-electron chi connectivity index (χ1n) is 8.26. The molecule has 25 heavy (non-hydrogen) atoms. The third-order valence-corrected chi connectivity index (χ3v) is 4.57. The van der Waals surface area contributed by atoms with Crippen LogP contribution in [0.4, 0.5) is 11.6 Å². The van der Waals surface area contributed by atoms with Crippen molar-refractivity contribution in [2.45, 2.75) is 6.92 Å². The van der Waals surface area contributed by atoms with E-state index in [2.05, 4.69) is 14.9 Å². The van der Waals surface area contributed by atoms with Crippen LogP contribution in [0.5, 0.6) is 0 Å².